The van der Waals surface area contributed by atoms with Gasteiger partial charge in [0.1, 0.15) is 5.75 Å². The molecule has 5 nitrogen and oxygen atoms in total. The van der Waals surface area contributed by atoms with E-state index >= 15 is 0 Å². The van der Waals surface area contributed by atoms with Gasteiger partial charge < -0.3 is 18.8 Å². The van der Waals surface area contributed by atoms with Crippen molar-refractivity contribution in [1.29, 1.82) is 0 Å². The second-order valence-electron chi connectivity index (χ2n) is 3.88. The summed E-state index contributed by atoms with van der Waals surface area (Å²) in [5.41, 5.74) is 1.95. The molecule has 0 radical (unpaired) electrons. The summed E-state index contributed by atoms with van der Waals surface area (Å²) in [5, 5.41) is 3.69. The zero-order chi connectivity index (χ0) is 12.5. The van der Waals surface area contributed by atoms with Crippen LogP contribution in [-0.4, -0.2) is 21.8 Å². The smallest absolute Gasteiger partial charge is 0.178 e. The minimum atomic E-state index is 0.561. The van der Waals surface area contributed by atoms with E-state index in [0.29, 0.717) is 11.3 Å². The molecule has 0 saturated heterocycles. The fourth-order valence-corrected chi connectivity index (χ4v) is 2.18. The number of nitrogens with zero attached hydrogens (tertiary/aromatic N) is 2. The van der Waals surface area contributed by atoms with Crippen molar-refractivity contribution in [2.75, 3.05) is 7.11 Å². The highest BCUT2D eigenvalue weighted by Gasteiger charge is 2.07. The van der Waals surface area contributed by atoms with Crippen molar-refractivity contribution in [3.8, 4) is 5.75 Å². The van der Waals surface area contributed by atoms with Crippen molar-refractivity contribution in [3.05, 3.63) is 41.0 Å². The summed E-state index contributed by atoms with van der Waals surface area (Å²) < 4.78 is 12.9. The van der Waals surface area contributed by atoms with Gasteiger partial charge in [-0.25, -0.2) is 0 Å². The molecule has 0 saturated carbocycles. The van der Waals surface area contributed by atoms with Crippen LogP contribution in [0.5, 0.6) is 5.75 Å². The maximum absolute atomic E-state index is 5.31. The van der Waals surface area contributed by atoms with E-state index in [9.17, 15) is 0 Å². The summed E-state index contributed by atoms with van der Waals surface area (Å²) in [6, 6.07) is 7.62. The van der Waals surface area contributed by atoms with Gasteiger partial charge in [-0.2, -0.15) is 0 Å². The third kappa shape index (κ3) is 1.80. The minimum Gasteiger partial charge on any atom is -0.497 e. The number of hydrogen-bond acceptors (Lipinski definition) is 4. The standard InChI is InChI=1S/C12H11N3O2S/c1-16-8-2-3-11-10(6-8)14-12(18)15(11)7-9-4-5-13-17-9/h2-6H,7H2,1H3,(H,14,18). The van der Waals surface area contributed by atoms with E-state index in [4.69, 9.17) is 21.5 Å². The second-order valence-corrected chi connectivity index (χ2v) is 4.26. The predicted molar refractivity (Wildman–Crippen MR) is 69.3 cm³/mol. The molecule has 0 aliphatic carbocycles. The van der Waals surface area contributed by atoms with E-state index < -0.39 is 0 Å². The van der Waals surface area contributed by atoms with Gasteiger partial charge in [-0.15, -0.1) is 0 Å². The van der Waals surface area contributed by atoms with Crippen LogP contribution in [0.25, 0.3) is 11.0 Å². The van der Waals surface area contributed by atoms with Crippen LogP contribution >= 0.6 is 12.2 Å². The Morgan fingerprint density at radius 2 is 2.33 bits per heavy atom. The number of imidazole rings is 1. The van der Waals surface area contributed by atoms with Crippen LogP contribution in [0.4, 0.5) is 0 Å². The van der Waals surface area contributed by atoms with E-state index in [-0.39, 0.29) is 0 Å². The molecule has 3 rings (SSSR count). The predicted octanol–water partition coefficient (Wildman–Crippen LogP) is 2.74. The van der Waals surface area contributed by atoms with Crippen LogP contribution in [0.15, 0.2) is 35.0 Å². The van der Waals surface area contributed by atoms with Crippen LogP contribution in [0.3, 0.4) is 0 Å². The number of methoxy groups -OCH3 is 1. The molecule has 0 aliphatic heterocycles. The average Bonchev–Trinajstić information content (AvgIpc) is 2.98. The SMILES string of the molecule is COc1ccc2c(c1)[nH]c(=S)n2Cc1ccno1. The van der Waals surface area contributed by atoms with Crippen molar-refractivity contribution in [1.82, 2.24) is 14.7 Å². The lowest BCUT2D eigenvalue weighted by Gasteiger charge is -2.02. The average molecular weight is 261 g/mol. The van der Waals surface area contributed by atoms with Crippen molar-refractivity contribution < 1.29 is 9.26 Å². The van der Waals surface area contributed by atoms with Gasteiger partial charge in [0.2, 0.25) is 0 Å². The Kier molecular flexibility index (Phi) is 2.64. The molecule has 6 heteroatoms. The molecule has 0 spiro atoms. The van der Waals surface area contributed by atoms with Gasteiger partial charge in [0.25, 0.3) is 0 Å². The minimum absolute atomic E-state index is 0.561. The van der Waals surface area contributed by atoms with E-state index in [0.717, 1.165) is 22.5 Å². The first-order valence-corrected chi connectivity index (χ1v) is 5.85. The van der Waals surface area contributed by atoms with Crippen molar-refractivity contribution >= 4 is 23.3 Å². The van der Waals surface area contributed by atoms with Gasteiger partial charge in [-0.05, 0) is 24.4 Å². The van der Waals surface area contributed by atoms with Crippen LogP contribution in [-0.2, 0) is 6.54 Å². The van der Waals surface area contributed by atoms with Crippen molar-refractivity contribution in [3.63, 3.8) is 0 Å². The number of fused-ring (bicyclic) bond motifs is 1. The zero-order valence-electron chi connectivity index (χ0n) is 9.71. The number of H-pyrrole nitrogens is 1. The van der Waals surface area contributed by atoms with E-state index in [1.807, 2.05) is 28.8 Å². The third-order valence-corrected chi connectivity index (χ3v) is 3.11. The highest BCUT2D eigenvalue weighted by Crippen LogP contribution is 2.21. The van der Waals surface area contributed by atoms with Crippen molar-refractivity contribution in [2.45, 2.75) is 6.54 Å². The highest BCUT2D eigenvalue weighted by molar-refractivity contribution is 7.71. The number of aromatic nitrogens is 3. The van der Waals surface area contributed by atoms with Crippen molar-refractivity contribution in [2.24, 2.45) is 0 Å². The first-order chi connectivity index (χ1) is 8.78. The lowest BCUT2D eigenvalue weighted by Crippen LogP contribution is -1.98. The number of ether oxygens (including phenoxy) is 1. The normalized spacial score (nSPS) is 10.9. The molecule has 0 atom stereocenters. The lowest BCUT2D eigenvalue weighted by atomic mass is 10.3. The number of benzene rings is 1. The molecule has 0 fully saturated rings. The Morgan fingerprint density at radius 3 is 3.06 bits per heavy atom. The zero-order valence-corrected chi connectivity index (χ0v) is 10.5. The molecule has 1 aromatic carbocycles. The Labute approximate surface area is 108 Å². The summed E-state index contributed by atoms with van der Waals surface area (Å²) in [5.74, 6) is 1.56. The van der Waals surface area contributed by atoms with Gasteiger partial charge in [0, 0.05) is 12.1 Å². The fraction of sp³-hybridized carbons (Fsp3) is 0.167. The largest absolute Gasteiger partial charge is 0.497 e. The molecular formula is C12H11N3O2S. The van der Waals surface area contributed by atoms with Gasteiger partial charge in [0.15, 0.2) is 10.5 Å². The molecular weight excluding hydrogens is 250 g/mol. The molecule has 2 heterocycles. The van der Waals surface area contributed by atoms with E-state index in [1.54, 1.807) is 13.3 Å². The highest BCUT2D eigenvalue weighted by atomic mass is 32.1. The van der Waals surface area contributed by atoms with Gasteiger partial charge in [0.05, 0.1) is 30.9 Å². The Morgan fingerprint density at radius 1 is 1.44 bits per heavy atom. The molecule has 2 aromatic heterocycles. The summed E-state index contributed by atoms with van der Waals surface area (Å²) in [7, 11) is 1.64. The summed E-state index contributed by atoms with van der Waals surface area (Å²) in [6.07, 6.45) is 1.62. The Bertz CT molecular complexity index is 727. The molecule has 0 unspecified atom stereocenters. The van der Waals surface area contributed by atoms with Crippen LogP contribution in [0.2, 0.25) is 0 Å². The quantitative estimate of drug-likeness (QED) is 0.736. The number of aromatic amines is 1. The Balaban J connectivity index is 2.11. The van der Waals surface area contributed by atoms with Gasteiger partial charge in [-0.3, -0.25) is 0 Å². The monoisotopic (exact) mass is 261 g/mol. The van der Waals surface area contributed by atoms with Gasteiger partial charge in [-0.1, -0.05) is 5.16 Å². The number of rotatable bonds is 3. The maximum atomic E-state index is 5.31. The second kappa shape index (κ2) is 4.30. The summed E-state index contributed by atoms with van der Waals surface area (Å²) >= 11 is 5.31. The molecule has 18 heavy (non-hydrogen) atoms. The lowest BCUT2D eigenvalue weighted by molar-refractivity contribution is 0.377. The first-order valence-electron chi connectivity index (χ1n) is 5.44. The molecule has 1 N–H and O–H groups in total. The molecule has 0 aliphatic rings. The van der Waals surface area contributed by atoms with Crippen LogP contribution < -0.4 is 4.74 Å². The fourth-order valence-electron chi connectivity index (χ4n) is 1.91. The topological polar surface area (TPSA) is 56.0 Å². The third-order valence-electron chi connectivity index (χ3n) is 2.79. The van der Waals surface area contributed by atoms with Crippen LogP contribution in [0.1, 0.15) is 5.76 Å². The first kappa shape index (κ1) is 11.0. The molecule has 0 bridgehead atoms. The van der Waals surface area contributed by atoms with Crippen LogP contribution in [0, 0.1) is 4.77 Å². The number of nitrogens with one attached hydrogen (secondary N) is 1. The maximum Gasteiger partial charge on any atom is 0.178 e. The van der Waals surface area contributed by atoms with E-state index in [2.05, 4.69) is 10.1 Å². The Hall–Kier alpha value is -2.08. The van der Waals surface area contributed by atoms with Gasteiger partial charge >= 0.3 is 0 Å². The summed E-state index contributed by atoms with van der Waals surface area (Å²) in [6.45, 7) is 0.561. The molecule has 92 valence electrons. The number of hydrogen-bond donors (Lipinski definition) is 1. The van der Waals surface area contributed by atoms with E-state index in [1.165, 1.54) is 0 Å². The molecule has 3 aromatic rings. The summed E-state index contributed by atoms with van der Waals surface area (Å²) in [4.78, 5) is 3.15. The molecule has 0 amide bonds.